The van der Waals surface area contributed by atoms with E-state index in [1.807, 2.05) is 61.5 Å². The minimum Gasteiger partial charge on any atom is -0.494 e. The summed E-state index contributed by atoms with van der Waals surface area (Å²) in [6.07, 6.45) is 2.43. The average Bonchev–Trinajstić information content (AvgIpc) is 2.74. The molecular formula is C23H28N2O3. The van der Waals surface area contributed by atoms with E-state index >= 15 is 0 Å². The highest BCUT2D eigenvalue weighted by Crippen LogP contribution is 2.19. The average molecular weight is 380 g/mol. The van der Waals surface area contributed by atoms with E-state index in [0.717, 1.165) is 30.6 Å². The minimum atomic E-state index is -0.141. The van der Waals surface area contributed by atoms with Crippen molar-refractivity contribution in [2.75, 3.05) is 26.2 Å². The highest BCUT2D eigenvalue weighted by molar-refractivity contribution is 5.94. The fourth-order valence-corrected chi connectivity index (χ4v) is 3.39. The van der Waals surface area contributed by atoms with Crippen molar-refractivity contribution < 1.29 is 14.3 Å². The van der Waals surface area contributed by atoms with Gasteiger partial charge in [0, 0.05) is 25.2 Å². The number of aryl methyl sites for hydroxylation is 1. The van der Waals surface area contributed by atoms with Crippen LogP contribution in [-0.2, 0) is 4.79 Å². The summed E-state index contributed by atoms with van der Waals surface area (Å²) < 4.78 is 5.63. The number of carbonyl (C=O) groups excluding carboxylic acids is 2. The van der Waals surface area contributed by atoms with Crippen molar-refractivity contribution >= 4 is 11.8 Å². The van der Waals surface area contributed by atoms with Crippen LogP contribution < -0.4 is 10.1 Å². The molecule has 1 heterocycles. The Hall–Kier alpha value is -2.82. The van der Waals surface area contributed by atoms with Crippen LogP contribution >= 0.6 is 0 Å². The lowest BCUT2D eigenvalue weighted by molar-refractivity contribution is -0.126. The summed E-state index contributed by atoms with van der Waals surface area (Å²) in [6, 6.07) is 17.2. The zero-order valence-electron chi connectivity index (χ0n) is 16.4. The van der Waals surface area contributed by atoms with E-state index in [2.05, 4.69) is 5.32 Å². The Morgan fingerprint density at radius 3 is 2.61 bits per heavy atom. The summed E-state index contributed by atoms with van der Waals surface area (Å²) in [6.45, 7) is 4.34. The fraction of sp³-hybridized carbons (Fsp3) is 0.391. The number of piperidine rings is 1. The molecule has 5 nitrogen and oxygen atoms in total. The maximum atomic E-state index is 12.7. The third kappa shape index (κ3) is 5.59. The predicted octanol–water partition coefficient (Wildman–Crippen LogP) is 3.43. The first-order valence-corrected chi connectivity index (χ1v) is 9.95. The van der Waals surface area contributed by atoms with Crippen molar-refractivity contribution in [2.45, 2.75) is 26.2 Å². The van der Waals surface area contributed by atoms with E-state index in [0.29, 0.717) is 31.8 Å². The number of hydrogen-bond donors (Lipinski definition) is 1. The minimum absolute atomic E-state index is 0.00811. The number of nitrogens with zero attached hydrogens (tertiary/aromatic N) is 1. The third-order valence-corrected chi connectivity index (χ3v) is 5.01. The van der Waals surface area contributed by atoms with Crippen LogP contribution in [-0.4, -0.2) is 43.0 Å². The van der Waals surface area contributed by atoms with Crippen molar-refractivity contribution in [1.29, 1.82) is 0 Å². The predicted molar refractivity (Wildman–Crippen MR) is 109 cm³/mol. The molecule has 1 aliphatic rings. The van der Waals surface area contributed by atoms with Crippen molar-refractivity contribution in [3.63, 3.8) is 0 Å². The maximum Gasteiger partial charge on any atom is 0.253 e. The van der Waals surface area contributed by atoms with Gasteiger partial charge in [-0.3, -0.25) is 9.59 Å². The summed E-state index contributed by atoms with van der Waals surface area (Å²) >= 11 is 0. The third-order valence-electron chi connectivity index (χ3n) is 5.01. The van der Waals surface area contributed by atoms with Gasteiger partial charge in [-0.05, 0) is 50.5 Å². The van der Waals surface area contributed by atoms with Gasteiger partial charge in [-0.2, -0.15) is 0 Å². The molecule has 0 aromatic heterocycles. The summed E-state index contributed by atoms with van der Waals surface area (Å²) in [5, 5.41) is 2.99. The van der Waals surface area contributed by atoms with Crippen molar-refractivity contribution in [3.8, 4) is 5.75 Å². The Balaban J connectivity index is 1.41. The molecule has 3 rings (SSSR count). The van der Waals surface area contributed by atoms with Gasteiger partial charge >= 0.3 is 0 Å². The van der Waals surface area contributed by atoms with Gasteiger partial charge < -0.3 is 15.0 Å². The van der Waals surface area contributed by atoms with Crippen LogP contribution in [0.25, 0.3) is 0 Å². The Morgan fingerprint density at radius 1 is 1.11 bits per heavy atom. The standard InChI is InChI=1S/C23H28N2O3/c1-18-10-12-19(13-11-18)23(27)25-15-5-7-20(17-25)22(26)24-14-6-16-28-21-8-3-2-4-9-21/h2-4,8-13,20H,5-7,14-17H2,1H3,(H,24,26). The van der Waals surface area contributed by atoms with Gasteiger partial charge in [0.05, 0.1) is 12.5 Å². The first-order chi connectivity index (χ1) is 13.6. The number of amides is 2. The van der Waals surface area contributed by atoms with Crippen molar-refractivity contribution in [2.24, 2.45) is 5.92 Å². The molecule has 0 spiro atoms. The lowest BCUT2D eigenvalue weighted by atomic mass is 9.96. The zero-order valence-corrected chi connectivity index (χ0v) is 16.4. The molecule has 0 saturated carbocycles. The number of ether oxygens (including phenoxy) is 1. The molecule has 2 amide bonds. The summed E-state index contributed by atoms with van der Waals surface area (Å²) in [4.78, 5) is 27.0. The second-order valence-electron chi connectivity index (χ2n) is 7.26. The van der Waals surface area contributed by atoms with Crippen LogP contribution in [0.2, 0.25) is 0 Å². The Bertz CT molecular complexity index is 774. The highest BCUT2D eigenvalue weighted by atomic mass is 16.5. The fourth-order valence-electron chi connectivity index (χ4n) is 3.39. The van der Waals surface area contributed by atoms with Crippen LogP contribution in [0.5, 0.6) is 5.75 Å². The van der Waals surface area contributed by atoms with E-state index in [-0.39, 0.29) is 17.7 Å². The molecule has 1 aliphatic heterocycles. The lowest BCUT2D eigenvalue weighted by Gasteiger charge is -2.32. The topological polar surface area (TPSA) is 58.6 Å². The van der Waals surface area contributed by atoms with Crippen molar-refractivity contribution in [3.05, 3.63) is 65.7 Å². The van der Waals surface area contributed by atoms with Crippen LogP contribution in [0.3, 0.4) is 0 Å². The largest absolute Gasteiger partial charge is 0.494 e. The first-order valence-electron chi connectivity index (χ1n) is 9.95. The number of carbonyl (C=O) groups is 2. The van der Waals surface area contributed by atoms with Gasteiger partial charge in [-0.1, -0.05) is 35.9 Å². The van der Waals surface area contributed by atoms with Gasteiger partial charge in [0.2, 0.25) is 5.91 Å². The molecule has 2 aromatic carbocycles. The second kappa shape index (κ2) is 9.93. The van der Waals surface area contributed by atoms with E-state index in [4.69, 9.17) is 4.74 Å². The lowest BCUT2D eigenvalue weighted by Crippen LogP contribution is -2.45. The molecule has 1 atom stereocenters. The molecule has 1 N–H and O–H groups in total. The Morgan fingerprint density at radius 2 is 1.86 bits per heavy atom. The molecule has 0 radical (unpaired) electrons. The molecule has 0 bridgehead atoms. The highest BCUT2D eigenvalue weighted by Gasteiger charge is 2.28. The molecular weight excluding hydrogens is 352 g/mol. The molecule has 148 valence electrons. The smallest absolute Gasteiger partial charge is 0.253 e. The normalized spacial score (nSPS) is 16.5. The first kappa shape index (κ1) is 19.9. The second-order valence-corrected chi connectivity index (χ2v) is 7.26. The molecule has 5 heteroatoms. The summed E-state index contributed by atoms with van der Waals surface area (Å²) in [5.41, 5.74) is 1.81. The number of hydrogen-bond acceptors (Lipinski definition) is 3. The summed E-state index contributed by atoms with van der Waals surface area (Å²) in [7, 11) is 0. The Kier molecular flexibility index (Phi) is 7.06. The number of likely N-dealkylation sites (tertiary alicyclic amines) is 1. The summed E-state index contributed by atoms with van der Waals surface area (Å²) in [5.74, 6) is 0.736. The van der Waals surface area contributed by atoms with Crippen LogP contribution in [0.15, 0.2) is 54.6 Å². The Labute approximate surface area is 166 Å². The quantitative estimate of drug-likeness (QED) is 0.749. The van der Waals surface area contributed by atoms with Crippen LogP contribution in [0.4, 0.5) is 0 Å². The maximum absolute atomic E-state index is 12.7. The molecule has 0 aliphatic carbocycles. The van der Waals surface area contributed by atoms with Gasteiger partial charge in [-0.25, -0.2) is 0 Å². The van der Waals surface area contributed by atoms with Crippen LogP contribution in [0, 0.1) is 12.8 Å². The number of nitrogens with one attached hydrogen (secondary N) is 1. The van der Waals surface area contributed by atoms with Crippen molar-refractivity contribution in [1.82, 2.24) is 10.2 Å². The molecule has 2 aromatic rings. The number of benzene rings is 2. The zero-order chi connectivity index (χ0) is 19.8. The van der Waals surface area contributed by atoms with Gasteiger partial charge in [-0.15, -0.1) is 0 Å². The molecule has 1 fully saturated rings. The number of para-hydroxylation sites is 1. The van der Waals surface area contributed by atoms with Crippen LogP contribution in [0.1, 0.15) is 35.2 Å². The molecule has 1 unspecified atom stereocenters. The monoisotopic (exact) mass is 380 g/mol. The van der Waals surface area contributed by atoms with Gasteiger partial charge in [0.25, 0.3) is 5.91 Å². The van der Waals surface area contributed by atoms with E-state index < -0.39 is 0 Å². The number of rotatable bonds is 7. The van der Waals surface area contributed by atoms with Gasteiger partial charge in [0.1, 0.15) is 5.75 Å². The van der Waals surface area contributed by atoms with Gasteiger partial charge in [0.15, 0.2) is 0 Å². The SMILES string of the molecule is Cc1ccc(C(=O)N2CCCC(C(=O)NCCCOc3ccccc3)C2)cc1. The van der Waals surface area contributed by atoms with E-state index in [1.54, 1.807) is 4.90 Å². The molecule has 28 heavy (non-hydrogen) atoms. The van der Waals surface area contributed by atoms with E-state index in [9.17, 15) is 9.59 Å². The van der Waals surface area contributed by atoms with E-state index in [1.165, 1.54) is 0 Å². The molecule has 1 saturated heterocycles.